The van der Waals surface area contributed by atoms with Crippen LogP contribution in [0.25, 0.3) is 0 Å². The normalized spacial score (nSPS) is 37.0. The van der Waals surface area contributed by atoms with Crippen LogP contribution in [0.1, 0.15) is 60.3 Å². The Labute approximate surface area is 219 Å². The summed E-state index contributed by atoms with van der Waals surface area (Å²) in [6.07, 6.45) is 9.85. The third-order valence-electron chi connectivity index (χ3n) is 7.28. The van der Waals surface area contributed by atoms with Gasteiger partial charge in [0.1, 0.15) is 30.2 Å². The molecular formula is C28H41NO8. The number of epoxide rings is 1. The van der Waals surface area contributed by atoms with Crippen molar-refractivity contribution < 1.29 is 38.4 Å². The Kier molecular flexibility index (Phi) is 10.2. The van der Waals surface area contributed by atoms with E-state index in [1.54, 1.807) is 13.0 Å². The lowest BCUT2D eigenvalue weighted by Crippen LogP contribution is -2.50. The van der Waals surface area contributed by atoms with Crippen molar-refractivity contribution in [3.8, 4) is 0 Å². The summed E-state index contributed by atoms with van der Waals surface area (Å²) in [7, 11) is 0. The van der Waals surface area contributed by atoms with Crippen LogP contribution in [0.3, 0.4) is 0 Å². The highest BCUT2D eigenvalue weighted by atomic mass is 16.6. The van der Waals surface area contributed by atoms with Gasteiger partial charge >= 0.3 is 5.97 Å². The first kappa shape index (κ1) is 29.2. The Morgan fingerprint density at radius 3 is 2.57 bits per heavy atom. The second-order valence-electron chi connectivity index (χ2n) is 10.6. The molecule has 0 bridgehead atoms. The molecule has 3 aliphatic heterocycles. The molecule has 206 valence electrons. The number of carbonyl (C=O) groups is 3. The van der Waals surface area contributed by atoms with Gasteiger partial charge in [0.25, 0.3) is 0 Å². The first-order chi connectivity index (χ1) is 17.5. The van der Waals surface area contributed by atoms with Gasteiger partial charge in [-0.2, -0.15) is 0 Å². The van der Waals surface area contributed by atoms with E-state index in [4.69, 9.17) is 18.9 Å². The number of hydrogen-bond acceptors (Lipinski definition) is 8. The van der Waals surface area contributed by atoms with Crippen LogP contribution < -0.4 is 5.32 Å². The van der Waals surface area contributed by atoms with Crippen molar-refractivity contribution in [1.82, 2.24) is 5.32 Å². The fraction of sp³-hybridized carbons (Fsp3) is 0.679. The highest BCUT2D eigenvalue weighted by molar-refractivity contribution is 5.87. The number of aldehydes is 1. The zero-order valence-corrected chi connectivity index (χ0v) is 22.4. The summed E-state index contributed by atoms with van der Waals surface area (Å²) in [5.41, 5.74) is 0.438. The standard InChI is InChI=1S/C28H41NO8/c1-17(7-10-25-27(33)28(16-34-28)15-22(37-25)12-13-30)6-9-24-18(2)14-23(20(4)36-24)29-26(32)11-8-19(3)35-21(5)31/h6-8,10-11,13,18-20,22-25,27,33H,9,12,14-16H2,1-5H3,(H,29,32)/b10-7+,11-8-,17-6+/t18?,19?,20?,22-,23?,24?,25?,27-,28?/m1/s1. The minimum absolute atomic E-state index is 0.0164. The molecule has 3 fully saturated rings. The molecule has 7 unspecified atom stereocenters. The molecular weight excluding hydrogens is 478 g/mol. The highest BCUT2D eigenvalue weighted by Crippen LogP contribution is 2.43. The molecule has 9 nitrogen and oxygen atoms in total. The largest absolute Gasteiger partial charge is 0.459 e. The van der Waals surface area contributed by atoms with Gasteiger partial charge in [0.15, 0.2) is 0 Å². The minimum Gasteiger partial charge on any atom is -0.459 e. The molecule has 0 radical (unpaired) electrons. The zero-order valence-electron chi connectivity index (χ0n) is 22.4. The Balaban J connectivity index is 1.49. The Bertz CT molecular complexity index is 908. The van der Waals surface area contributed by atoms with Crippen molar-refractivity contribution in [2.24, 2.45) is 5.92 Å². The molecule has 3 saturated heterocycles. The molecule has 9 heteroatoms. The van der Waals surface area contributed by atoms with E-state index in [1.165, 1.54) is 13.0 Å². The summed E-state index contributed by atoms with van der Waals surface area (Å²) in [5.74, 6) is -0.402. The summed E-state index contributed by atoms with van der Waals surface area (Å²) in [5, 5.41) is 13.6. The third-order valence-corrected chi connectivity index (χ3v) is 7.28. The second kappa shape index (κ2) is 13.0. The van der Waals surface area contributed by atoms with Crippen LogP contribution in [-0.4, -0.2) is 78.1 Å². The molecule has 2 N–H and O–H groups in total. The summed E-state index contributed by atoms with van der Waals surface area (Å²) < 4.78 is 22.7. The average molecular weight is 520 g/mol. The average Bonchev–Trinajstić information content (AvgIpc) is 3.60. The van der Waals surface area contributed by atoms with Crippen LogP contribution in [0.15, 0.2) is 36.0 Å². The maximum absolute atomic E-state index is 12.3. The van der Waals surface area contributed by atoms with Crippen molar-refractivity contribution >= 4 is 18.2 Å². The van der Waals surface area contributed by atoms with Crippen molar-refractivity contribution in [3.63, 3.8) is 0 Å². The van der Waals surface area contributed by atoms with Gasteiger partial charge in [-0.15, -0.1) is 0 Å². The summed E-state index contributed by atoms with van der Waals surface area (Å²) in [6, 6.07) is -0.112. The SMILES string of the molecule is CC(=O)OC(C)/C=C\C(=O)NC1CC(C)C(C/C=C(C)/C=C/C2O[C@H](CC=O)CC3(CO3)[C@@H]2O)OC1C. The lowest BCUT2D eigenvalue weighted by molar-refractivity contribution is -0.143. The number of amides is 1. The zero-order chi connectivity index (χ0) is 27.2. The Hall–Kier alpha value is -2.33. The lowest BCUT2D eigenvalue weighted by atomic mass is 9.87. The molecule has 0 saturated carbocycles. The first-order valence-corrected chi connectivity index (χ1v) is 13.1. The fourth-order valence-electron chi connectivity index (χ4n) is 5.01. The van der Waals surface area contributed by atoms with Crippen LogP contribution in [0, 0.1) is 5.92 Å². The molecule has 3 aliphatic rings. The lowest BCUT2D eigenvalue weighted by Gasteiger charge is -2.39. The summed E-state index contributed by atoms with van der Waals surface area (Å²) in [6.45, 7) is 9.58. The first-order valence-electron chi connectivity index (χ1n) is 13.1. The molecule has 37 heavy (non-hydrogen) atoms. The number of allylic oxidation sites excluding steroid dienone is 2. The van der Waals surface area contributed by atoms with Crippen LogP contribution in [0.4, 0.5) is 0 Å². The molecule has 9 atom stereocenters. The summed E-state index contributed by atoms with van der Waals surface area (Å²) in [4.78, 5) is 34.2. The van der Waals surface area contributed by atoms with E-state index in [0.717, 1.165) is 24.7 Å². The van der Waals surface area contributed by atoms with Gasteiger partial charge < -0.3 is 34.2 Å². The Morgan fingerprint density at radius 2 is 1.92 bits per heavy atom. The van der Waals surface area contributed by atoms with Crippen molar-refractivity contribution in [2.45, 2.75) is 109 Å². The second-order valence-corrected chi connectivity index (χ2v) is 10.6. The van der Waals surface area contributed by atoms with E-state index >= 15 is 0 Å². The molecule has 1 amide bonds. The number of esters is 1. The number of ether oxygens (including phenoxy) is 4. The molecule has 0 aromatic rings. The van der Waals surface area contributed by atoms with Gasteiger partial charge in [0, 0.05) is 25.8 Å². The fourth-order valence-corrected chi connectivity index (χ4v) is 5.01. The Morgan fingerprint density at radius 1 is 1.19 bits per heavy atom. The number of hydrogen-bond donors (Lipinski definition) is 2. The van der Waals surface area contributed by atoms with Gasteiger partial charge in [-0.25, -0.2) is 0 Å². The molecule has 0 aliphatic carbocycles. The van der Waals surface area contributed by atoms with Gasteiger partial charge in [-0.05, 0) is 45.6 Å². The predicted molar refractivity (Wildman–Crippen MR) is 137 cm³/mol. The number of rotatable bonds is 10. The van der Waals surface area contributed by atoms with Gasteiger partial charge in [0.05, 0.1) is 31.0 Å². The number of nitrogens with one attached hydrogen (secondary N) is 1. The van der Waals surface area contributed by atoms with Gasteiger partial charge in [-0.3, -0.25) is 9.59 Å². The third kappa shape index (κ3) is 8.33. The van der Waals surface area contributed by atoms with Crippen LogP contribution in [0.5, 0.6) is 0 Å². The number of aliphatic hydroxyl groups is 1. The maximum atomic E-state index is 12.3. The van der Waals surface area contributed by atoms with Crippen molar-refractivity contribution in [1.29, 1.82) is 0 Å². The van der Waals surface area contributed by atoms with Gasteiger partial charge in [0.2, 0.25) is 5.91 Å². The van der Waals surface area contributed by atoms with E-state index in [9.17, 15) is 19.5 Å². The van der Waals surface area contributed by atoms with Crippen LogP contribution in [-0.2, 0) is 33.3 Å². The van der Waals surface area contributed by atoms with Gasteiger partial charge in [-0.1, -0.05) is 30.7 Å². The predicted octanol–water partition coefficient (Wildman–Crippen LogP) is 2.56. The van der Waals surface area contributed by atoms with Crippen molar-refractivity contribution in [3.05, 3.63) is 36.0 Å². The quantitative estimate of drug-likeness (QED) is 0.148. The number of carbonyl (C=O) groups excluding carboxylic acids is 3. The molecule has 0 aromatic carbocycles. The van der Waals surface area contributed by atoms with Crippen LogP contribution >= 0.6 is 0 Å². The molecule has 3 heterocycles. The maximum Gasteiger partial charge on any atom is 0.303 e. The number of aliphatic hydroxyl groups excluding tert-OH is 1. The van der Waals surface area contributed by atoms with Crippen molar-refractivity contribution in [2.75, 3.05) is 6.61 Å². The monoisotopic (exact) mass is 519 g/mol. The van der Waals surface area contributed by atoms with E-state index < -0.39 is 29.9 Å². The van der Waals surface area contributed by atoms with E-state index in [0.29, 0.717) is 13.0 Å². The van der Waals surface area contributed by atoms with E-state index in [1.807, 2.05) is 26.0 Å². The van der Waals surface area contributed by atoms with E-state index in [-0.39, 0.29) is 42.6 Å². The topological polar surface area (TPSA) is 124 Å². The smallest absolute Gasteiger partial charge is 0.303 e. The van der Waals surface area contributed by atoms with Crippen LogP contribution in [0.2, 0.25) is 0 Å². The molecule has 0 aromatic heterocycles. The molecule has 1 spiro atoms. The summed E-state index contributed by atoms with van der Waals surface area (Å²) >= 11 is 0. The van der Waals surface area contributed by atoms with E-state index in [2.05, 4.69) is 18.3 Å². The highest BCUT2D eigenvalue weighted by Gasteiger charge is 2.58. The minimum atomic E-state index is -0.756. The molecule has 3 rings (SSSR count).